The molecular formula is C25H29N3O2. The van der Waals surface area contributed by atoms with Gasteiger partial charge in [0.1, 0.15) is 11.4 Å². The van der Waals surface area contributed by atoms with Crippen molar-refractivity contribution >= 4 is 22.9 Å². The van der Waals surface area contributed by atoms with Gasteiger partial charge in [0.25, 0.3) is 0 Å². The van der Waals surface area contributed by atoms with E-state index in [1.54, 1.807) is 12.1 Å². The molecule has 0 unspecified atom stereocenters. The zero-order valence-electron chi connectivity index (χ0n) is 17.8. The maximum absolute atomic E-state index is 13.4. The normalized spacial score (nSPS) is 16.5. The summed E-state index contributed by atoms with van der Waals surface area (Å²) in [5.74, 6) is -0.173. The van der Waals surface area contributed by atoms with Gasteiger partial charge >= 0.3 is 0 Å². The number of carbonyl (C=O) groups excluding carboxylic acids is 2. The number of rotatable bonds is 6. The number of Topliss-reactive ketones (excluding diaryl/α,β-unsaturated/α-hetero) is 2. The van der Waals surface area contributed by atoms with Crippen LogP contribution in [0.15, 0.2) is 59.9 Å². The van der Waals surface area contributed by atoms with Gasteiger partial charge in [-0.2, -0.15) is 0 Å². The van der Waals surface area contributed by atoms with Gasteiger partial charge in [0, 0.05) is 48.7 Å². The van der Waals surface area contributed by atoms with Crippen LogP contribution < -0.4 is 10.2 Å². The van der Waals surface area contributed by atoms with Gasteiger partial charge in [-0.1, -0.05) is 24.3 Å². The molecule has 0 saturated carbocycles. The van der Waals surface area contributed by atoms with E-state index in [4.69, 9.17) is 0 Å². The summed E-state index contributed by atoms with van der Waals surface area (Å²) in [6, 6.07) is 15.2. The van der Waals surface area contributed by atoms with E-state index in [0.29, 0.717) is 22.5 Å². The van der Waals surface area contributed by atoms with Gasteiger partial charge in [-0.25, -0.2) is 0 Å². The van der Waals surface area contributed by atoms with Gasteiger partial charge in [0.2, 0.25) is 11.6 Å². The number of anilines is 2. The van der Waals surface area contributed by atoms with Crippen molar-refractivity contribution < 1.29 is 9.59 Å². The highest BCUT2D eigenvalue weighted by Crippen LogP contribution is 2.31. The predicted octanol–water partition coefficient (Wildman–Crippen LogP) is 4.72. The van der Waals surface area contributed by atoms with Crippen molar-refractivity contribution in [1.29, 1.82) is 0 Å². The van der Waals surface area contributed by atoms with Crippen LogP contribution in [-0.4, -0.2) is 42.6 Å². The Hall–Kier alpha value is -3.08. The fraction of sp³-hybridized carbons (Fsp3) is 0.360. The summed E-state index contributed by atoms with van der Waals surface area (Å²) in [6.07, 6.45) is 3.25. The minimum Gasteiger partial charge on any atom is -0.372 e. The van der Waals surface area contributed by atoms with Crippen molar-refractivity contribution in [3.05, 3.63) is 71.1 Å². The summed E-state index contributed by atoms with van der Waals surface area (Å²) >= 11 is 0. The van der Waals surface area contributed by atoms with E-state index in [0.717, 1.165) is 56.8 Å². The smallest absolute Gasteiger partial charge is 0.212 e. The molecule has 2 aliphatic rings. The molecule has 30 heavy (non-hydrogen) atoms. The number of piperidine rings is 1. The Balaban J connectivity index is 1.71. The zero-order valence-corrected chi connectivity index (χ0v) is 17.8. The number of allylic oxidation sites excluding steroid dienone is 2. The highest BCUT2D eigenvalue weighted by Gasteiger charge is 2.35. The summed E-state index contributed by atoms with van der Waals surface area (Å²) in [6.45, 7) is 7.77. The third-order valence-corrected chi connectivity index (χ3v) is 6.03. The second-order valence-corrected chi connectivity index (χ2v) is 7.82. The lowest BCUT2D eigenvalue weighted by atomic mass is 9.89. The Morgan fingerprint density at radius 1 is 0.833 bits per heavy atom. The molecule has 1 heterocycles. The lowest BCUT2D eigenvalue weighted by Gasteiger charge is -2.34. The van der Waals surface area contributed by atoms with E-state index < -0.39 is 0 Å². The highest BCUT2D eigenvalue weighted by atomic mass is 16.1. The summed E-state index contributed by atoms with van der Waals surface area (Å²) in [5, 5.41) is 3.30. The van der Waals surface area contributed by atoms with Crippen molar-refractivity contribution in [2.75, 3.05) is 36.4 Å². The number of nitrogens with one attached hydrogen (secondary N) is 1. The topological polar surface area (TPSA) is 52.6 Å². The molecule has 0 radical (unpaired) electrons. The van der Waals surface area contributed by atoms with E-state index in [1.807, 2.05) is 24.3 Å². The van der Waals surface area contributed by atoms with Gasteiger partial charge in [-0.15, -0.1) is 0 Å². The summed E-state index contributed by atoms with van der Waals surface area (Å²) in [4.78, 5) is 31.1. The van der Waals surface area contributed by atoms with Crippen molar-refractivity contribution in [1.82, 2.24) is 4.90 Å². The molecule has 5 nitrogen and oxygen atoms in total. The molecule has 2 aromatic rings. The molecule has 1 fully saturated rings. The Kier molecular flexibility index (Phi) is 5.88. The molecule has 1 aliphatic heterocycles. The fourth-order valence-corrected chi connectivity index (χ4v) is 4.39. The van der Waals surface area contributed by atoms with Crippen molar-refractivity contribution in [3.63, 3.8) is 0 Å². The molecule has 5 heteroatoms. The number of carbonyl (C=O) groups is 2. The predicted molar refractivity (Wildman–Crippen MR) is 121 cm³/mol. The molecular weight excluding hydrogens is 374 g/mol. The van der Waals surface area contributed by atoms with Crippen LogP contribution in [0.25, 0.3) is 0 Å². The lowest BCUT2D eigenvalue weighted by molar-refractivity contribution is 0.0935. The highest BCUT2D eigenvalue weighted by molar-refractivity contribution is 6.27. The first kappa shape index (κ1) is 20.2. The summed E-state index contributed by atoms with van der Waals surface area (Å²) in [7, 11) is 0. The average molecular weight is 404 g/mol. The van der Waals surface area contributed by atoms with E-state index in [-0.39, 0.29) is 11.6 Å². The molecule has 4 rings (SSSR count). The van der Waals surface area contributed by atoms with Gasteiger partial charge in [0.15, 0.2) is 0 Å². The molecule has 0 bridgehead atoms. The number of hydrogen-bond acceptors (Lipinski definition) is 5. The Bertz CT molecular complexity index is 968. The van der Waals surface area contributed by atoms with Crippen LogP contribution in [0.5, 0.6) is 0 Å². The average Bonchev–Trinajstić information content (AvgIpc) is 2.80. The van der Waals surface area contributed by atoms with Crippen molar-refractivity contribution in [2.24, 2.45) is 0 Å². The molecule has 0 aromatic heterocycles. The SMILES string of the molecule is CCN(CC)c1ccc(NC2=C(N3CCCCC3)C(=O)c3ccccc3C2=O)cc1. The number of hydrogen-bond donors (Lipinski definition) is 1. The maximum atomic E-state index is 13.4. The Labute approximate surface area is 178 Å². The number of nitrogens with zero attached hydrogens (tertiary/aromatic N) is 2. The first-order valence-electron chi connectivity index (χ1n) is 10.9. The second-order valence-electron chi connectivity index (χ2n) is 7.82. The van der Waals surface area contributed by atoms with Crippen LogP contribution in [0.2, 0.25) is 0 Å². The Morgan fingerprint density at radius 3 is 2.03 bits per heavy atom. The summed E-state index contributed by atoms with van der Waals surface area (Å²) in [5.41, 5.74) is 3.86. The minimum absolute atomic E-state index is 0.0608. The van der Waals surface area contributed by atoms with E-state index in [2.05, 4.69) is 41.1 Å². The monoisotopic (exact) mass is 403 g/mol. The molecule has 156 valence electrons. The number of benzene rings is 2. The largest absolute Gasteiger partial charge is 0.372 e. The number of likely N-dealkylation sites (tertiary alicyclic amines) is 1. The molecule has 2 aromatic carbocycles. The molecule has 0 atom stereocenters. The number of fused-ring (bicyclic) bond motifs is 1. The molecule has 1 saturated heterocycles. The minimum atomic E-state index is -0.112. The second kappa shape index (κ2) is 8.74. The molecule has 1 N–H and O–H groups in total. The summed E-state index contributed by atoms with van der Waals surface area (Å²) < 4.78 is 0. The first-order chi connectivity index (χ1) is 14.6. The van der Waals surface area contributed by atoms with Crippen molar-refractivity contribution in [3.8, 4) is 0 Å². The third-order valence-electron chi connectivity index (χ3n) is 6.03. The molecule has 0 spiro atoms. The van der Waals surface area contributed by atoms with Crippen LogP contribution in [0.4, 0.5) is 11.4 Å². The zero-order chi connectivity index (χ0) is 21.1. The lowest BCUT2D eigenvalue weighted by Crippen LogP contribution is -2.39. The van der Waals surface area contributed by atoms with E-state index in [1.165, 1.54) is 0 Å². The number of ketones is 2. The third kappa shape index (κ3) is 3.72. The standard InChI is InChI=1S/C25H29N3O2/c1-3-27(4-2)19-14-12-18(13-15-19)26-22-23(28-16-8-5-9-17-28)25(30)21-11-7-6-10-20(21)24(22)29/h6-7,10-15,26H,3-5,8-9,16-17H2,1-2H3. The van der Waals surface area contributed by atoms with Crippen LogP contribution in [0, 0.1) is 0 Å². The van der Waals surface area contributed by atoms with Crippen LogP contribution >= 0.6 is 0 Å². The van der Waals surface area contributed by atoms with Gasteiger partial charge in [0.05, 0.1) is 0 Å². The maximum Gasteiger partial charge on any atom is 0.212 e. The first-order valence-corrected chi connectivity index (χ1v) is 10.9. The molecule has 0 amide bonds. The van der Waals surface area contributed by atoms with Crippen molar-refractivity contribution in [2.45, 2.75) is 33.1 Å². The fourth-order valence-electron chi connectivity index (χ4n) is 4.39. The van der Waals surface area contributed by atoms with Crippen LogP contribution in [-0.2, 0) is 0 Å². The van der Waals surface area contributed by atoms with E-state index >= 15 is 0 Å². The van der Waals surface area contributed by atoms with Crippen LogP contribution in [0.3, 0.4) is 0 Å². The van der Waals surface area contributed by atoms with Gasteiger partial charge < -0.3 is 15.1 Å². The van der Waals surface area contributed by atoms with Crippen LogP contribution in [0.1, 0.15) is 53.8 Å². The van der Waals surface area contributed by atoms with Gasteiger partial charge in [-0.3, -0.25) is 9.59 Å². The molecule has 1 aliphatic carbocycles. The van der Waals surface area contributed by atoms with Gasteiger partial charge in [-0.05, 0) is 57.4 Å². The quantitative estimate of drug-likeness (QED) is 0.756. The Morgan fingerprint density at radius 2 is 1.43 bits per heavy atom. The van der Waals surface area contributed by atoms with E-state index in [9.17, 15) is 9.59 Å².